The van der Waals surface area contributed by atoms with Crippen LogP contribution < -0.4 is 99.0 Å². The second-order valence-corrected chi connectivity index (χ2v) is 30.2. The van der Waals surface area contributed by atoms with Crippen LogP contribution in [0.2, 0.25) is 0 Å². The fourth-order valence-corrected chi connectivity index (χ4v) is 13.9. The van der Waals surface area contributed by atoms with Gasteiger partial charge in [-0.1, -0.05) is 142 Å². The first-order valence-corrected chi connectivity index (χ1v) is 42.7. The fraction of sp³-hybridized carbons (Fsp3) is 0.865. The van der Waals surface area contributed by atoms with Crippen molar-refractivity contribution < 1.29 is 58.2 Å². The van der Waals surface area contributed by atoms with E-state index in [0.29, 0.717) is 142 Å². The summed E-state index contributed by atoms with van der Waals surface area (Å²) >= 11 is 2.43. The predicted molar refractivity (Wildman–Crippen MR) is 427 cm³/mol. The molecular weight excluding hydrogens is 1400 g/mol. The lowest BCUT2D eigenvalue weighted by Crippen LogP contribution is -2.59. The molecule has 618 valence electrons. The summed E-state index contributed by atoms with van der Waals surface area (Å²) in [6.07, 6.45) is 29.3. The number of hydrogen-bond acceptors (Lipinski definition) is 22. The molecule has 32 heteroatoms. The van der Waals surface area contributed by atoms with Crippen molar-refractivity contribution in [2.45, 2.75) is 318 Å². The molecule has 0 unspecified atom stereocenters. The SMILES string of the molecule is CCCCCCCCCCCCNC(=O)[C@H](CO)NC(=O)[C@H](CSCCSC[C@H](NC(=O)[C@H](CCCCN)NC(=O)[C@H](CCCCN)NC(=O)[C@@H](N)CCCCN)C(=O)N[C@@H](CO)C(=O)NCCCCCCCCCCCC)NC(=O)[C@H](CCCCN)NC(=O)[C@H](CCCCN)NC(=O)[C@@H](N)CCCCN. The summed E-state index contributed by atoms with van der Waals surface area (Å²) in [6.45, 7) is 5.55. The average molecular weight is 1550 g/mol. The van der Waals surface area contributed by atoms with Gasteiger partial charge < -0.3 is 109 Å². The Hall–Kier alpha value is -5.00. The van der Waals surface area contributed by atoms with Crippen molar-refractivity contribution >= 4 is 82.6 Å². The van der Waals surface area contributed by atoms with E-state index in [-0.39, 0.29) is 61.8 Å². The zero-order chi connectivity index (χ0) is 78.8. The summed E-state index contributed by atoms with van der Waals surface area (Å²) in [5, 5.41) is 48.6. The van der Waals surface area contributed by atoms with Gasteiger partial charge in [0.05, 0.1) is 25.3 Å². The third-order valence-electron chi connectivity index (χ3n) is 18.4. The molecule has 28 N–H and O–H groups in total. The number of nitrogens with one attached hydrogen (secondary N) is 10. The van der Waals surface area contributed by atoms with E-state index in [4.69, 9.17) is 45.9 Å². The minimum atomic E-state index is -1.40. The standard InChI is InChI=1S/C74H148N18O12S2/c1-3-5-7-9-11-13-15-17-19-33-47-83-67(97)61(51-93)89-73(103)63(91-71(101)59(39-25-31-45-79)87-69(99)57(37-23-29-43-77)85-65(95)55(81)35-21-27-41-75)53-105-49-50-106-54-64(74(104)90-62(52-94)68(98)84-48-34-20-18-16-14-12-10-8-6-4-2)92-72(102)60(40-26-32-46-80)88-70(100)58(38-24-30-44-78)86-66(96)56(82)36-22-28-42-76/h55-64,93-94H,3-54,75-82H2,1-2H3,(H,83,97)(H,84,98)(H,85,95)(H,86,96)(H,87,99)(H,88,100)(H,89,103)(H,90,104)(H,91,101)(H,92,102)/t55-,56-,57-,58-,59-,60-,61-,62-,63-,64-/m0/s1. The summed E-state index contributed by atoms with van der Waals surface area (Å²) < 4.78 is 0. The summed E-state index contributed by atoms with van der Waals surface area (Å²) in [7, 11) is 0. The highest BCUT2D eigenvalue weighted by molar-refractivity contribution is 8.03. The molecular formula is C74H148N18O12S2. The van der Waals surface area contributed by atoms with Gasteiger partial charge in [0, 0.05) is 36.1 Å². The van der Waals surface area contributed by atoms with Crippen molar-refractivity contribution in [1.29, 1.82) is 0 Å². The largest absolute Gasteiger partial charge is 0.394 e. The molecule has 0 aromatic carbocycles. The molecule has 0 aliphatic heterocycles. The Morgan fingerprint density at radius 3 is 0.736 bits per heavy atom. The number of aliphatic hydroxyl groups excluding tert-OH is 2. The van der Waals surface area contributed by atoms with Crippen molar-refractivity contribution in [2.75, 3.05) is 88.6 Å². The fourth-order valence-electron chi connectivity index (χ4n) is 11.7. The number of carbonyl (C=O) groups excluding carboxylic acids is 10. The van der Waals surface area contributed by atoms with Gasteiger partial charge in [-0.2, -0.15) is 23.5 Å². The first-order chi connectivity index (χ1) is 51.3. The van der Waals surface area contributed by atoms with Crippen LogP contribution in [0.1, 0.15) is 258 Å². The average Bonchev–Trinajstić information content (AvgIpc) is 0.872. The monoisotopic (exact) mass is 1550 g/mol. The predicted octanol–water partition coefficient (Wildman–Crippen LogP) is 1.82. The smallest absolute Gasteiger partial charge is 0.244 e. The summed E-state index contributed by atoms with van der Waals surface area (Å²) in [4.78, 5) is 140. The van der Waals surface area contributed by atoms with Crippen LogP contribution in [0.25, 0.3) is 0 Å². The summed E-state index contributed by atoms with van der Waals surface area (Å²) in [5.41, 5.74) is 47.1. The van der Waals surface area contributed by atoms with E-state index in [1.807, 2.05) is 0 Å². The highest BCUT2D eigenvalue weighted by Crippen LogP contribution is 2.17. The van der Waals surface area contributed by atoms with Crippen LogP contribution in [0.15, 0.2) is 0 Å². The van der Waals surface area contributed by atoms with Crippen LogP contribution in [0, 0.1) is 0 Å². The van der Waals surface area contributed by atoms with E-state index in [1.165, 1.54) is 87.7 Å². The lowest BCUT2D eigenvalue weighted by molar-refractivity contribution is -0.134. The van der Waals surface area contributed by atoms with Gasteiger partial charge in [0.25, 0.3) is 0 Å². The zero-order valence-corrected chi connectivity index (χ0v) is 66.6. The van der Waals surface area contributed by atoms with E-state index >= 15 is 0 Å². The van der Waals surface area contributed by atoms with Gasteiger partial charge >= 0.3 is 0 Å². The number of aliphatic hydroxyl groups is 2. The Balaban J connectivity index is 7.14. The zero-order valence-electron chi connectivity index (χ0n) is 65.0. The van der Waals surface area contributed by atoms with E-state index in [1.54, 1.807) is 0 Å². The molecule has 0 aliphatic rings. The number of rotatable bonds is 73. The van der Waals surface area contributed by atoms with Gasteiger partial charge in [0.2, 0.25) is 59.1 Å². The highest BCUT2D eigenvalue weighted by Gasteiger charge is 2.35. The molecule has 106 heavy (non-hydrogen) atoms. The molecule has 10 atom stereocenters. The van der Waals surface area contributed by atoms with Gasteiger partial charge in [-0.05, 0) is 155 Å². The molecule has 0 aliphatic carbocycles. The van der Waals surface area contributed by atoms with Gasteiger partial charge in [-0.15, -0.1) is 0 Å². The Bertz CT molecular complexity index is 2180. The van der Waals surface area contributed by atoms with Crippen molar-refractivity contribution in [3.05, 3.63) is 0 Å². The van der Waals surface area contributed by atoms with E-state index in [2.05, 4.69) is 67.0 Å². The quantitative estimate of drug-likeness (QED) is 0.0386. The maximum Gasteiger partial charge on any atom is 0.244 e. The molecule has 0 spiro atoms. The van der Waals surface area contributed by atoms with Crippen molar-refractivity contribution in [3.63, 3.8) is 0 Å². The maximum absolute atomic E-state index is 14.6. The van der Waals surface area contributed by atoms with Gasteiger partial charge in [-0.25, -0.2) is 0 Å². The molecule has 0 bridgehead atoms. The Labute approximate surface area is 643 Å². The number of nitrogens with two attached hydrogens (primary N) is 8. The normalized spacial score (nSPS) is 14.2. The molecule has 0 saturated heterocycles. The van der Waals surface area contributed by atoms with Crippen LogP contribution >= 0.6 is 23.5 Å². The lowest BCUT2D eigenvalue weighted by Gasteiger charge is -2.27. The number of carbonyl (C=O) groups is 10. The molecule has 0 rings (SSSR count). The van der Waals surface area contributed by atoms with E-state index in [9.17, 15) is 58.2 Å². The topological polar surface area (TPSA) is 540 Å². The Morgan fingerprint density at radius 1 is 0.264 bits per heavy atom. The third kappa shape index (κ3) is 51.4. The molecule has 30 nitrogen and oxygen atoms in total. The second-order valence-electron chi connectivity index (χ2n) is 27.9. The van der Waals surface area contributed by atoms with Crippen LogP contribution in [-0.2, 0) is 47.9 Å². The molecule has 0 fully saturated rings. The highest BCUT2D eigenvalue weighted by atomic mass is 32.2. The third-order valence-corrected chi connectivity index (χ3v) is 20.8. The molecule has 0 radical (unpaired) electrons. The van der Waals surface area contributed by atoms with Crippen molar-refractivity contribution in [2.24, 2.45) is 45.9 Å². The minimum absolute atomic E-state index is 0.0875. The second kappa shape index (κ2) is 69.2. The van der Waals surface area contributed by atoms with E-state index < -0.39 is 133 Å². The molecule has 0 saturated carbocycles. The number of hydrogen-bond donors (Lipinski definition) is 20. The summed E-state index contributed by atoms with van der Waals surface area (Å²) in [6, 6.07) is -12.0. The van der Waals surface area contributed by atoms with Crippen LogP contribution in [0.4, 0.5) is 0 Å². The Kier molecular flexibility index (Phi) is 65.9. The first kappa shape index (κ1) is 101. The van der Waals surface area contributed by atoms with Gasteiger partial charge in [-0.3, -0.25) is 47.9 Å². The maximum atomic E-state index is 14.6. The Morgan fingerprint density at radius 2 is 0.481 bits per heavy atom. The number of unbranched alkanes of at least 4 members (excludes halogenated alkanes) is 24. The minimum Gasteiger partial charge on any atom is -0.394 e. The van der Waals surface area contributed by atoms with Crippen molar-refractivity contribution in [3.8, 4) is 0 Å². The summed E-state index contributed by atoms with van der Waals surface area (Å²) in [5.74, 6) is -6.50. The lowest BCUT2D eigenvalue weighted by atomic mass is 10.0. The van der Waals surface area contributed by atoms with E-state index in [0.717, 1.165) is 51.4 Å². The van der Waals surface area contributed by atoms with Gasteiger partial charge in [0.15, 0.2) is 0 Å². The van der Waals surface area contributed by atoms with Gasteiger partial charge in [0.1, 0.15) is 48.3 Å². The molecule has 0 heterocycles. The van der Waals surface area contributed by atoms with Crippen LogP contribution in [0.3, 0.4) is 0 Å². The van der Waals surface area contributed by atoms with Crippen molar-refractivity contribution in [1.82, 2.24) is 53.2 Å². The first-order valence-electron chi connectivity index (χ1n) is 40.3. The molecule has 0 aromatic rings. The number of thioether (sulfide) groups is 2. The molecule has 0 aromatic heterocycles. The molecule has 10 amide bonds. The van der Waals surface area contributed by atoms with Crippen LogP contribution in [0.5, 0.6) is 0 Å². The number of amides is 10. The van der Waals surface area contributed by atoms with Crippen LogP contribution in [-0.4, -0.2) is 218 Å².